The van der Waals surface area contributed by atoms with Crippen LogP contribution in [-0.2, 0) is 10.0 Å². The molecule has 1 amide bonds. The van der Waals surface area contributed by atoms with Gasteiger partial charge in [-0.1, -0.05) is 17.7 Å². The third-order valence-corrected chi connectivity index (χ3v) is 7.14. The van der Waals surface area contributed by atoms with E-state index >= 15 is 0 Å². The molecule has 138 valence electrons. The van der Waals surface area contributed by atoms with Crippen LogP contribution >= 0.6 is 27.5 Å². The first-order valence-corrected chi connectivity index (χ1v) is 10.8. The Hall–Kier alpha value is -1.41. The molecule has 0 unspecified atom stereocenters. The number of anilines is 1. The van der Waals surface area contributed by atoms with Crippen LogP contribution in [0.5, 0.6) is 0 Å². The van der Waals surface area contributed by atoms with Crippen LogP contribution in [0.2, 0.25) is 5.02 Å². The van der Waals surface area contributed by atoms with Gasteiger partial charge in [0.15, 0.2) is 0 Å². The molecule has 1 aliphatic rings. The molecule has 2 aromatic carbocycles. The van der Waals surface area contributed by atoms with Crippen LogP contribution in [0.4, 0.5) is 5.69 Å². The topological polar surface area (TPSA) is 66.5 Å². The Labute approximate surface area is 166 Å². The number of nitrogens with one attached hydrogen (secondary N) is 1. The molecule has 3 rings (SSSR count). The number of hydrogen-bond donors (Lipinski definition) is 1. The van der Waals surface area contributed by atoms with Gasteiger partial charge in [-0.2, -0.15) is 4.31 Å². The van der Waals surface area contributed by atoms with Gasteiger partial charge in [0, 0.05) is 17.6 Å². The summed E-state index contributed by atoms with van der Waals surface area (Å²) in [6.07, 6.45) is 1.70. The van der Waals surface area contributed by atoms with E-state index in [1.54, 1.807) is 6.07 Å². The maximum Gasteiger partial charge on any atom is 0.257 e. The monoisotopic (exact) mass is 456 g/mol. The van der Waals surface area contributed by atoms with Crippen LogP contribution in [0.3, 0.4) is 0 Å². The van der Waals surface area contributed by atoms with E-state index in [9.17, 15) is 13.2 Å². The Bertz CT molecular complexity index is 957. The molecule has 2 aromatic rings. The van der Waals surface area contributed by atoms with Gasteiger partial charge in [0.05, 0.1) is 21.2 Å². The molecule has 0 saturated carbocycles. The summed E-state index contributed by atoms with van der Waals surface area (Å²) in [5.41, 5.74) is 1.76. The largest absolute Gasteiger partial charge is 0.321 e. The smallest absolute Gasteiger partial charge is 0.257 e. The summed E-state index contributed by atoms with van der Waals surface area (Å²) in [7, 11) is -3.61. The summed E-state index contributed by atoms with van der Waals surface area (Å²) in [5, 5.41) is 2.96. The zero-order valence-electron chi connectivity index (χ0n) is 14.1. The summed E-state index contributed by atoms with van der Waals surface area (Å²) < 4.78 is 27.6. The van der Waals surface area contributed by atoms with Crippen LogP contribution in [-0.4, -0.2) is 31.7 Å². The molecular formula is C18H18BrClN2O3S. The minimum absolute atomic E-state index is 0.0805. The van der Waals surface area contributed by atoms with Crippen molar-refractivity contribution in [1.29, 1.82) is 0 Å². The fourth-order valence-electron chi connectivity index (χ4n) is 2.83. The second-order valence-corrected chi connectivity index (χ2v) is 9.39. The summed E-state index contributed by atoms with van der Waals surface area (Å²) in [5.74, 6) is -0.460. The lowest BCUT2D eigenvalue weighted by molar-refractivity contribution is 0.102. The van der Waals surface area contributed by atoms with Crippen molar-refractivity contribution < 1.29 is 13.2 Å². The van der Waals surface area contributed by atoms with E-state index in [1.807, 2.05) is 19.1 Å². The lowest BCUT2D eigenvalue weighted by Crippen LogP contribution is -2.28. The Kier molecular flexibility index (Phi) is 5.72. The maximum absolute atomic E-state index is 12.7. The van der Waals surface area contributed by atoms with Crippen LogP contribution in [0.25, 0.3) is 0 Å². The summed E-state index contributed by atoms with van der Waals surface area (Å²) in [6.45, 7) is 2.95. The van der Waals surface area contributed by atoms with Gasteiger partial charge in [0.2, 0.25) is 10.0 Å². The van der Waals surface area contributed by atoms with Gasteiger partial charge in [-0.3, -0.25) is 4.79 Å². The van der Waals surface area contributed by atoms with E-state index in [0.29, 0.717) is 18.8 Å². The number of amides is 1. The fraction of sp³-hybridized carbons (Fsp3) is 0.278. The number of nitrogens with zero attached hydrogens (tertiary/aromatic N) is 1. The lowest BCUT2D eigenvalue weighted by atomic mass is 10.2. The molecular weight excluding hydrogens is 440 g/mol. The fourth-order valence-corrected chi connectivity index (χ4v) is 5.17. The first kappa shape index (κ1) is 19.4. The van der Waals surface area contributed by atoms with Crippen LogP contribution in [0.1, 0.15) is 28.8 Å². The van der Waals surface area contributed by atoms with Crippen molar-refractivity contribution in [2.75, 3.05) is 18.4 Å². The average molecular weight is 458 g/mol. The number of benzene rings is 2. The van der Waals surface area contributed by atoms with Gasteiger partial charge in [-0.05, 0) is 71.6 Å². The van der Waals surface area contributed by atoms with Crippen molar-refractivity contribution in [1.82, 2.24) is 4.31 Å². The van der Waals surface area contributed by atoms with Crippen molar-refractivity contribution in [3.8, 4) is 0 Å². The predicted octanol–water partition coefficient (Wildman–Crippen LogP) is 4.45. The van der Waals surface area contributed by atoms with Crippen molar-refractivity contribution in [2.45, 2.75) is 24.7 Å². The molecule has 8 heteroatoms. The highest BCUT2D eigenvalue weighted by atomic mass is 79.9. The molecule has 0 atom stereocenters. The molecule has 0 aliphatic carbocycles. The number of carbonyl (C=O) groups is 1. The van der Waals surface area contributed by atoms with E-state index in [4.69, 9.17) is 11.6 Å². The van der Waals surface area contributed by atoms with Gasteiger partial charge in [-0.15, -0.1) is 0 Å². The first-order chi connectivity index (χ1) is 12.3. The second kappa shape index (κ2) is 7.68. The van der Waals surface area contributed by atoms with Gasteiger partial charge >= 0.3 is 0 Å². The SMILES string of the molecule is Cc1ccc(NC(=O)c2cc(S(=O)(=O)N3CCCC3)ccc2Cl)c(Br)c1. The molecule has 1 N–H and O–H groups in total. The summed E-state index contributed by atoms with van der Waals surface area (Å²) >= 11 is 9.56. The van der Waals surface area contributed by atoms with Crippen LogP contribution in [0.15, 0.2) is 45.8 Å². The Morgan fingerprint density at radius 2 is 1.85 bits per heavy atom. The third-order valence-electron chi connectivity index (χ3n) is 4.26. The van der Waals surface area contributed by atoms with Crippen molar-refractivity contribution in [2.24, 2.45) is 0 Å². The Morgan fingerprint density at radius 1 is 1.15 bits per heavy atom. The molecule has 0 radical (unpaired) electrons. The van der Waals surface area contributed by atoms with Gasteiger partial charge in [0.25, 0.3) is 5.91 Å². The van der Waals surface area contributed by atoms with Crippen LogP contribution in [0, 0.1) is 6.92 Å². The zero-order chi connectivity index (χ0) is 18.9. The lowest BCUT2D eigenvalue weighted by Gasteiger charge is -2.16. The molecule has 26 heavy (non-hydrogen) atoms. The highest BCUT2D eigenvalue weighted by molar-refractivity contribution is 9.10. The molecule has 1 aliphatic heterocycles. The summed E-state index contributed by atoms with van der Waals surface area (Å²) in [6, 6.07) is 9.75. The number of hydrogen-bond acceptors (Lipinski definition) is 3. The third kappa shape index (κ3) is 3.96. The van der Waals surface area contributed by atoms with E-state index in [1.165, 1.54) is 22.5 Å². The Morgan fingerprint density at radius 3 is 2.50 bits per heavy atom. The van der Waals surface area contributed by atoms with Gasteiger partial charge in [-0.25, -0.2) is 8.42 Å². The number of aryl methyl sites for hydroxylation is 1. The minimum atomic E-state index is -3.61. The molecule has 5 nitrogen and oxygen atoms in total. The van der Waals surface area contributed by atoms with Gasteiger partial charge in [0.1, 0.15) is 0 Å². The normalized spacial score (nSPS) is 15.2. The molecule has 0 bridgehead atoms. The highest BCUT2D eigenvalue weighted by Gasteiger charge is 2.28. The van der Waals surface area contributed by atoms with E-state index < -0.39 is 15.9 Å². The molecule has 0 aromatic heterocycles. The molecule has 0 spiro atoms. The van der Waals surface area contributed by atoms with Crippen LogP contribution < -0.4 is 5.32 Å². The van der Waals surface area contributed by atoms with E-state index in [-0.39, 0.29) is 15.5 Å². The number of carbonyl (C=O) groups excluding carboxylic acids is 1. The van der Waals surface area contributed by atoms with Gasteiger partial charge < -0.3 is 5.32 Å². The first-order valence-electron chi connectivity index (χ1n) is 8.16. The van der Waals surface area contributed by atoms with E-state index in [0.717, 1.165) is 22.9 Å². The number of halogens is 2. The predicted molar refractivity (Wildman–Crippen MR) is 106 cm³/mol. The average Bonchev–Trinajstić information content (AvgIpc) is 3.13. The quantitative estimate of drug-likeness (QED) is 0.738. The summed E-state index contributed by atoms with van der Waals surface area (Å²) in [4.78, 5) is 12.7. The Balaban J connectivity index is 1.91. The minimum Gasteiger partial charge on any atom is -0.321 e. The molecule has 1 fully saturated rings. The maximum atomic E-state index is 12.7. The van der Waals surface area contributed by atoms with Crippen molar-refractivity contribution in [3.63, 3.8) is 0 Å². The molecule has 1 heterocycles. The number of rotatable bonds is 4. The zero-order valence-corrected chi connectivity index (χ0v) is 17.3. The van der Waals surface area contributed by atoms with Crippen molar-refractivity contribution in [3.05, 3.63) is 57.0 Å². The molecule has 1 saturated heterocycles. The van der Waals surface area contributed by atoms with E-state index in [2.05, 4.69) is 21.2 Å². The standard InChI is InChI=1S/C18H18BrClN2O3S/c1-12-4-7-17(15(19)10-12)21-18(23)14-11-13(5-6-16(14)20)26(24,25)22-8-2-3-9-22/h4-7,10-11H,2-3,8-9H2,1H3,(H,21,23). The second-order valence-electron chi connectivity index (χ2n) is 6.19. The van der Waals surface area contributed by atoms with Crippen molar-refractivity contribution >= 4 is 49.1 Å². The highest BCUT2D eigenvalue weighted by Crippen LogP contribution is 2.28. The number of sulfonamides is 1.